The topological polar surface area (TPSA) is 13.1 Å². The van der Waals surface area contributed by atoms with Crippen molar-refractivity contribution in [2.24, 2.45) is 0 Å². The first-order valence-electron chi connectivity index (χ1n) is 32.4. The van der Waals surface area contributed by atoms with E-state index in [1.165, 1.54) is 284 Å². The second-order valence-electron chi connectivity index (χ2n) is 28.3. The van der Waals surface area contributed by atoms with Gasteiger partial charge in [-0.3, -0.25) is 0 Å². The Balaban J connectivity index is 1.35. The van der Waals surface area contributed by atoms with Gasteiger partial charge in [0.15, 0.2) is 0 Å². The molecule has 33 heteroatoms. The van der Waals surface area contributed by atoms with Crippen LogP contribution in [-0.2, 0) is 0 Å². The summed E-state index contributed by atoms with van der Waals surface area (Å²) >= 11 is 0. The summed E-state index contributed by atoms with van der Waals surface area (Å²) < 4.78 is 7.85. The SMILES string of the molecule is Bc1c(B)c(B)c2c(B)c(-c3c(B)c(B)c(-c4c5c(B)c(B)c(B)c(B)c5c(-c5c(B)c(B)c6c(oc7c8c(B)c(B)c(B)c(B)c8c8c(B)c(B)c(B)c(B)c8c76)c5B)c5c(B)c(B)c(B)c(B)c45)c4c(B)c(B)c(B)c(B)c34)c(B)c(B)c2c1B. The summed E-state index contributed by atoms with van der Waals surface area (Å²) in [6.45, 7) is 0. The van der Waals surface area contributed by atoms with E-state index in [4.69, 9.17) is 4.42 Å². The molecular formula is C54H64B32O. The molecule has 11 aromatic carbocycles. The summed E-state index contributed by atoms with van der Waals surface area (Å²) in [4.78, 5) is 0. The Hall–Kier alpha value is -5.14. The van der Waals surface area contributed by atoms with Crippen LogP contribution in [0.3, 0.4) is 0 Å². The fourth-order valence-electron chi connectivity index (χ4n) is 17.8. The van der Waals surface area contributed by atoms with Crippen LogP contribution in [0.25, 0.3) is 120 Å². The lowest BCUT2D eigenvalue weighted by molar-refractivity contribution is 0.676. The number of benzene rings is 11. The minimum absolute atomic E-state index is 1.01. The number of fused-ring (bicyclic) bond motifs is 12. The van der Waals surface area contributed by atoms with E-state index >= 15 is 0 Å². The quantitative estimate of drug-likeness (QED) is 0.0976. The summed E-state index contributed by atoms with van der Waals surface area (Å²) in [6, 6.07) is 0. The molecule has 0 saturated heterocycles. The molecule has 0 saturated carbocycles. The molecule has 0 amide bonds. The van der Waals surface area contributed by atoms with Crippen LogP contribution in [0.1, 0.15) is 0 Å². The highest BCUT2D eigenvalue weighted by Gasteiger charge is 2.34. The van der Waals surface area contributed by atoms with Crippen molar-refractivity contribution in [1.82, 2.24) is 0 Å². The van der Waals surface area contributed by atoms with Crippen molar-refractivity contribution in [2.75, 3.05) is 0 Å². The van der Waals surface area contributed by atoms with E-state index in [1.54, 1.807) is 0 Å². The molecule has 1 nitrogen and oxygen atoms in total. The lowest BCUT2D eigenvalue weighted by Gasteiger charge is -2.33. The Labute approximate surface area is 546 Å². The fraction of sp³-hybridized carbons (Fsp3) is 0. The second-order valence-corrected chi connectivity index (χ2v) is 28.3. The average molecular weight is 1080 g/mol. The first-order valence-corrected chi connectivity index (χ1v) is 32.4. The van der Waals surface area contributed by atoms with Crippen LogP contribution in [0.5, 0.6) is 0 Å². The average Bonchev–Trinajstić information content (AvgIpc) is 1.66. The summed E-state index contributed by atoms with van der Waals surface area (Å²) in [6.07, 6.45) is 0. The van der Waals surface area contributed by atoms with Crippen LogP contribution in [0, 0.1) is 0 Å². The number of hydrogen-bond acceptors (Lipinski definition) is 1. The lowest BCUT2D eigenvalue weighted by atomic mass is 9.55. The predicted octanol–water partition coefficient (Wildman–Crippen LogP) is -40.2. The molecular weight excluding hydrogens is 1010 g/mol. The maximum absolute atomic E-state index is 7.85. The molecule has 1 aromatic heterocycles. The molecule has 0 N–H and O–H groups in total. The molecule has 0 atom stereocenters. The predicted molar refractivity (Wildman–Crippen MR) is 497 cm³/mol. The molecule has 382 valence electrons. The van der Waals surface area contributed by atoms with Gasteiger partial charge in [0.25, 0.3) is 0 Å². The summed E-state index contributed by atoms with van der Waals surface area (Å²) in [5.41, 5.74) is 54.1. The molecule has 87 heavy (non-hydrogen) atoms. The highest BCUT2D eigenvalue weighted by atomic mass is 16.3. The Morgan fingerprint density at radius 2 is 0.287 bits per heavy atom. The van der Waals surface area contributed by atoms with Crippen LogP contribution < -0.4 is 175 Å². The number of furan rings is 1. The van der Waals surface area contributed by atoms with Crippen LogP contribution in [0.4, 0.5) is 0 Å². The van der Waals surface area contributed by atoms with E-state index in [0.717, 1.165) is 11.2 Å². The van der Waals surface area contributed by atoms with Gasteiger partial charge >= 0.3 is 0 Å². The van der Waals surface area contributed by atoms with Crippen molar-refractivity contribution in [1.29, 1.82) is 0 Å². The van der Waals surface area contributed by atoms with Crippen molar-refractivity contribution in [3.8, 4) is 33.4 Å². The Morgan fingerprint density at radius 1 is 0.103 bits per heavy atom. The van der Waals surface area contributed by atoms with E-state index in [9.17, 15) is 0 Å². The summed E-state index contributed by atoms with van der Waals surface area (Å²) in [5, 5.41) is 19.1. The molecule has 0 unspecified atom stereocenters. The standard InChI is InChI=1S/C54H64B32O/c55-21-16(34(68)35(69)18-17(21)36(70)50(84)51(85)37(18)71)12-9-8(28(62)45(79)46(80)29(9)63)5(22(56)23(12)57)1-3-6(26(60)43(77)41(75)24(3)58)2(7-4(1)25(59)42(76)44(78)27(7)61)15-33(67)38(72)20-14-11-10(30(64)47(81)48(82)31(11)65)13-19(53(14)87-54(20)40(15)74)39(73)52(86)49(83)32(13)66/h55-86H2. The molecule has 0 aliphatic carbocycles. The van der Waals surface area contributed by atoms with Crippen molar-refractivity contribution in [3.63, 3.8) is 0 Å². The largest absolute Gasteiger partial charge is 0.456 e. The number of hydrogen-bond donors (Lipinski definition) is 0. The van der Waals surface area contributed by atoms with E-state index in [2.05, 4.69) is 251 Å². The highest BCUT2D eigenvalue weighted by Crippen LogP contribution is 2.43. The smallest absolute Gasteiger partial charge is 0.145 e. The minimum Gasteiger partial charge on any atom is -0.456 e. The van der Waals surface area contributed by atoms with Gasteiger partial charge in [-0.25, -0.2) is 0 Å². The van der Waals surface area contributed by atoms with Crippen LogP contribution in [0.15, 0.2) is 4.42 Å². The van der Waals surface area contributed by atoms with Crippen molar-refractivity contribution >= 4 is 512 Å². The summed E-state index contributed by atoms with van der Waals surface area (Å²) in [5.74, 6) is 0. The zero-order valence-electron chi connectivity index (χ0n) is 59.4. The van der Waals surface area contributed by atoms with E-state index in [-0.39, 0.29) is 0 Å². The van der Waals surface area contributed by atoms with Gasteiger partial charge < -0.3 is 4.42 Å². The lowest BCUT2D eigenvalue weighted by Crippen LogP contribution is -2.53. The van der Waals surface area contributed by atoms with Crippen molar-refractivity contribution in [2.45, 2.75) is 0 Å². The van der Waals surface area contributed by atoms with Gasteiger partial charge in [-0.1, -0.05) is 104 Å². The third kappa shape index (κ3) is 7.74. The van der Waals surface area contributed by atoms with Gasteiger partial charge in [0.1, 0.15) is 262 Å². The van der Waals surface area contributed by atoms with Gasteiger partial charge in [0, 0.05) is 16.2 Å². The minimum atomic E-state index is 1.01. The van der Waals surface area contributed by atoms with E-state index in [1.807, 2.05) is 0 Å². The first kappa shape index (κ1) is 62.1. The normalized spacial score (nSPS) is 12.0. The summed E-state index contributed by atoms with van der Waals surface area (Å²) in [7, 11) is 76.5. The molecule has 0 aliphatic heterocycles. The Morgan fingerprint density at radius 3 is 0.632 bits per heavy atom. The Bertz CT molecular complexity index is 5330. The highest BCUT2D eigenvalue weighted by molar-refractivity contribution is 6.79. The van der Waals surface area contributed by atoms with Crippen molar-refractivity contribution < 1.29 is 4.42 Å². The zero-order valence-corrected chi connectivity index (χ0v) is 59.4. The second kappa shape index (κ2) is 20.7. The van der Waals surface area contributed by atoms with Gasteiger partial charge in [-0.05, 0) is 98.1 Å². The Kier molecular flexibility index (Phi) is 14.8. The maximum Gasteiger partial charge on any atom is 0.145 e. The van der Waals surface area contributed by atoms with Gasteiger partial charge in [-0.2, -0.15) is 0 Å². The van der Waals surface area contributed by atoms with Crippen molar-refractivity contribution in [3.05, 3.63) is 0 Å². The molecule has 12 aromatic rings. The molecule has 0 bridgehead atoms. The fourth-order valence-corrected chi connectivity index (χ4v) is 17.8. The van der Waals surface area contributed by atoms with E-state index in [0.29, 0.717) is 0 Å². The van der Waals surface area contributed by atoms with Gasteiger partial charge in [0.05, 0.1) is 0 Å². The molecule has 0 aliphatic rings. The van der Waals surface area contributed by atoms with Crippen LogP contribution >= 0.6 is 0 Å². The third-order valence-corrected chi connectivity index (χ3v) is 25.4. The first-order chi connectivity index (χ1) is 40.6. The zero-order chi connectivity index (χ0) is 63.9. The molecule has 0 spiro atoms. The van der Waals surface area contributed by atoms with Crippen LogP contribution in [0.2, 0.25) is 0 Å². The van der Waals surface area contributed by atoms with Crippen LogP contribution in [-0.4, -0.2) is 251 Å². The van der Waals surface area contributed by atoms with E-state index < -0.39 is 0 Å². The third-order valence-electron chi connectivity index (χ3n) is 25.4. The van der Waals surface area contributed by atoms with Gasteiger partial charge in [-0.15, -0.1) is 65.6 Å². The van der Waals surface area contributed by atoms with Gasteiger partial charge in [0.2, 0.25) is 0 Å². The molecule has 0 fully saturated rings. The molecule has 0 radical (unpaired) electrons. The molecule has 1 heterocycles. The maximum atomic E-state index is 7.85. The molecule has 12 rings (SSSR count). The monoisotopic (exact) mass is 1080 g/mol. The number of rotatable bonds is 3.